The standard InChI is InChI=1S/C18H12BrN3O3S/c19-14-7-3-5-11(20-14)17(23)22-9-8-13-15(21-16(26-13)18(24)25)10-4-1-2-6-12(10)22/h1-7H,8-9H2,(H,24,25). The van der Waals surface area contributed by atoms with Crippen molar-refractivity contribution < 1.29 is 14.7 Å². The molecule has 0 saturated carbocycles. The molecule has 8 heteroatoms. The van der Waals surface area contributed by atoms with E-state index in [9.17, 15) is 14.7 Å². The van der Waals surface area contributed by atoms with Crippen LogP contribution in [0.3, 0.4) is 0 Å². The minimum atomic E-state index is -1.04. The maximum Gasteiger partial charge on any atom is 0.365 e. The number of benzene rings is 1. The molecule has 1 amide bonds. The first-order chi connectivity index (χ1) is 12.5. The molecule has 0 bridgehead atoms. The van der Waals surface area contributed by atoms with Crippen molar-refractivity contribution in [3.63, 3.8) is 0 Å². The molecule has 130 valence electrons. The summed E-state index contributed by atoms with van der Waals surface area (Å²) >= 11 is 4.46. The maximum absolute atomic E-state index is 13.0. The molecule has 4 rings (SSSR count). The Bertz CT molecular complexity index is 1030. The fourth-order valence-corrected chi connectivity index (χ4v) is 4.19. The molecule has 1 aliphatic heterocycles. The molecule has 2 aromatic heterocycles. The minimum absolute atomic E-state index is 0.0678. The van der Waals surface area contributed by atoms with Gasteiger partial charge < -0.3 is 10.0 Å². The highest BCUT2D eigenvalue weighted by atomic mass is 79.9. The molecule has 0 atom stereocenters. The highest BCUT2D eigenvalue weighted by Gasteiger charge is 2.28. The number of thiazole rings is 1. The SMILES string of the molecule is O=C(O)c1nc2c(s1)CCN(C(=O)c1cccc(Br)n1)c1ccccc1-2. The molecular weight excluding hydrogens is 418 g/mol. The molecule has 3 heterocycles. The van der Waals surface area contributed by atoms with Crippen molar-refractivity contribution in [2.75, 3.05) is 11.4 Å². The summed E-state index contributed by atoms with van der Waals surface area (Å²) in [5.74, 6) is -1.24. The second-order valence-corrected chi connectivity index (χ2v) is 7.56. The number of nitrogens with zero attached hydrogens (tertiary/aromatic N) is 3. The van der Waals surface area contributed by atoms with Crippen molar-refractivity contribution in [3.05, 3.63) is 62.6 Å². The van der Waals surface area contributed by atoms with Gasteiger partial charge in [-0.15, -0.1) is 11.3 Å². The van der Waals surface area contributed by atoms with E-state index in [0.29, 0.717) is 34.6 Å². The zero-order valence-corrected chi connectivity index (χ0v) is 15.7. The molecule has 0 spiro atoms. The zero-order valence-electron chi connectivity index (χ0n) is 13.3. The van der Waals surface area contributed by atoms with E-state index in [1.807, 2.05) is 24.3 Å². The first-order valence-electron chi connectivity index (χ1n) is 7.81. The monoisotopic (exact) mass is 429 g/mol. The molecule has 0 unspecified atom stereocenters. The predicted molar refractivity (Wildman–Crippen MR) is 102 cm³/mol. The van der Waals surface area contributed by atoms with Gasteiger partial charge in [0.1, 0.15) is 10.3 Å². The number of aromatic nitrogens is 2. The summed E-state index contributed by atoms with van der Waals surface area (Å²) in [4.78, 5) is 35.4. The predicted octanol–water partition coefficient (Wildman–Crippen LogP) is 3.87. The molecule has 1 N–H and O–H groups in total. The summed E-state index contributed by atoms with van der Waals surface area (Å²) in [5, 5.41) is 9.31. The zero-order chi connectivity index (χ0) is 18.3. The average molecular weight is 430 g/mol. The van der Waals surface area contributed by atoms with Crippen LogP contribution in [0, 0.1) is 0 Å². The number of carboxylic acids is 1. The number of hydrogen-bond acceptors (Lipinski definition) is 5. The van der Waals surface area contributed by atoms with Gasteiger partial charge in [0.2, 0.25) is 5.01 Å². The summed E-state index contributed by atoms with van der Waals surface area (Å²) < 4.78 is 0.596. The van der Waals surface area contributed by atoms with E-state index in [-0.39, 0.29) is 10.9 Å². The van der Waals surface area contributed by atoms with Gasteiger partial charge in [-0.2, -0.15) is 0 Å². The van der Waals surface area contributed by atoms with Crippen LogP contribution in [0.5, 0.6) is 0 Å². The third-order valence-electron chi connectivity index (χ3n) is 4.07. The van der Waals surface area contributed by atoms with Gasteiger partial charge in [0.25, 0.3) is 5.91 Å². The molecule has 1 aliphatic rings. The van der Waals surface area contributed by atoms with Crippen LogP contribution in [0.15, 0.2) is 47.1 Å². The highest BCUT2D eigenvalue weighted by molar-refractivity contribution is 9.10. The molecule has 26 heavy (non-hydrogen) atoms. The number of carbonyl (C=O) groups excluding carboxylic acids is 1. The van der Waals surface area contributed by atoms with E-state index >= 15 is 0 Å². The Balaban J connectivity index is 1.81. The number of anilines is 1. The molecule has 0 fully saturated rings. The van der Waals surface area contributed by atoms with Gasteiger partial charge in [0.15, 0.2) is 0 Å². The fourth-order valence-electron chi connectivity index (χ4n) is 2.94. The Kier molecular flexibility index (Phi) is 4.29. The quantitative estimate of drug-likeness (QED) is 0.625. The number of rotatable bonds is 2. The van der Waals surface area contributed by atoms with E-state index < -0.39 is 5.97 Å². The van der Waals surface area contributed by atoms with Crippen LogP contribution in [-0.2, 0) is 6.42 Å². The van der Waals surface area contributed by atoms with Crippen LogP contribution in [0.25, 0.3) is 11.3 Å². The van der Waals surface area contributed by atoms with E-state index in [4.69, 9.17) is 0 Å². The minimum Gasteiger partial charge on any atom is -0.476 e. The number of halogens is 1. The van der Waals surface area contributed by atoms with Crippen LogP contribution in [-0.4, -0.2) is 33.5 Å². The van der Waals surface area contributed by atoms with Crippen molar-refractivity contribution in [1.29, 1.82) is 0 Å². The van der Waals surface area contributed by atoms with Crippen LogP contribution in [0.1, 0.15) is 25.2 Å². The maximum atomic E-state index is 13.0. The first kappa shape index (κ1) is 16.9. The molecule has 0 radical (unpaired) electrons. The summed E-state index contributed by atoms with van der Waals surface area (Å²) in [6, 6.07) is 12.6. The van der Waals surface area contributed by atoms with Crippen LogP contribution in [0.2, 0.25) is 0 Å². The van der Waals surface area contributed by atoms with Crippen molar-refractivity contribution in [3.8, 4) is 11.3 Å². The fraction of sp³-hybridized carbons (Fsp3) is 0.111. The number of hydrogen-bond donors (Lipinski definition) is 1. The van der Waals surface area contributed by atoms with Gasteiger partial charge in [0.05, 0.1) is 11.4 Å². The number of carbonyl (C=O) groups is 2. The smallest absolute Gasteiger partial charge is 0.365 e. The third-order valence-corrected chi connectivity index (χ3v) is 5.62. The third kappa shape index (κ3) is 2.91. The topological polar surface area (TPSA) is 83.4 Å². The van der Waals surface area contributed by atoms with Gasteiger partial charge in [-0.05, 0) is 34.1 Å². The van der Waals surface area contributed by atoms with Crippen LogP contribution >= 0.6 is 27.3 Å². The van der Waals surface area contributed by atoms with Crippen molar-refractivity contribution in [2.45, 2.75) is 6.42 Å². The molecule has 3 aromatic rings. The van der Waals surface area contributed by atoms with E-state index in [0.717, 1.165) is 21.8 Å². The number of fused-ring (bicyclic) bond motifs is 3. The Morgan fingerprint density at radius 2 is 1.92 bits per heavy atom. The highest BCUT2D eigenvalue weighted by Crippen LogP contribution is 2.38. The van der Waals surface area contributed by atoms with E-state index in [1.54, 1.807) is 23.1 Å². The molecule has 0 aliphatic carbocycles. The molecule has 1 aromatic carbocycles. The lowest BCUT2D eigenvalue weighted by Gasteiger charge is -2.22. The number of amides is 1. The lowest BCUT2D eigenvalue weighted by atomic mass is 10.1. The molecular formula is C18H12BrN3O3S. The number of carboxylic acid groups (broad SMARTS) is 1. The van der Waals surface area contributed by atoms with E-state index in [2.05, 4.69) is 25.9 Å². The van der Waals surface area contributed by atoms with Gasteiger partial charge in [-0.25, -0.2) is 14.8 Å². The van der Waals surface area contributed by atoms with Gasteiger partial charge >= 0.3 is 5.97 Å². The lowest BCUT2D eigenvalue weighted by molar-refractivity contribution is 0.0696. The van der Waals surface area contributed by atoms with Crippen LogP contribution in [0.4, 0.5) is 5.69 Å². The summed E-state index contributed by atoms with van der Waals surface area (Å²) in [5.41, 5.74) is 2.45. The average Bonchev–Trinajstić information content (AvgIpc) is 3.00. The lowest BCUT2D eigenvalue weighted by Crippen LogP contribution is -2.33. The molecule has 0 saturated heterocycles. The Labute approximate surface area is 161 Å². The Morgan fingerprint density at radius 1 is 1.12 bits per heavy atom. The second-order valence-electron chi connectivity index (χ2n) is 5.67. The van der Waals surface area contributed by atoms with Gasteiger partial charge in [-0.3, -0.25) is 4.79 Å². The van der Waals surface area contributed by atoms with Gasteiger partial charge in [-0.1, -0.05) is 24.3 Å². The number of aromatic carboxylic acids is 1. The largest absolute Gasteiger partial charge is 0.476 e. The Morgan fingerprint density at radius 3 is 2.69 bits per heavy atom. The summed E-state index contributed by atoms with van der Waals surface area (Å²) in [6.45, 7) is 0.429. The first-order valence-corrected chi connectivity index (χ1v) is 9.42. The summed E-state index contributed by atoms with van der Waals surface area (Å²) in [6.07, 6.45) is 0.536. The second kappa shape index (κ2) is 6.62. The van der Waals surface area contributed by atoms with Crippen molar-refractivity contribution in [2.24, 2.45) is 0 Å². The normalized spacial score (nSPS) is 12.9. The number of pyridine rings is 1. The summed E-state index contributed by atoms with van der Waals surface area (Å²) in [7, 11) is 0. The molecule has 6 nitrogen and oxygen atoms in total. The Hall–Kier alpha value is -2.58. The van der Waals surface area contributed by atoms with Crippen molar-refractivity contribution in [1.82, 2.24) is 9.97 Å². The van der Waals surface area contributed by atoms with Crippen molar-refractivity contribution >= 4 is 44.8 Å². The van der Waals surface area contributed by atoms with E-state index in [1.165, 1.54) is 0 Å². The van der Waals surface area contributed by atoms with Gasteiger partial charge in [0, 0.05) is 23.4 Å². The number of para-hydroxylation sites is 1. The van der Waals surface area contributed by atoms with Crippen LogP contribution < -0.4 is 4.90 Å².